The van der Waals surface area contributed by atoms with Crippen molar-refractivity contribution in [2.75, 3.05) is 0 Å². The van der Waals surface area contributed by atoms with Gasteiger partial charge in [-0.15, -0.1) is 0 Å². The predicted octanol–water partition coefficient (Wildman–Crippen LogP) is 4.56. The van der Waals surface area contributed by atoms with Gasteiger partial charge in [0, 0.05) is 10.7 Å². The maximum absolute atomic E-state index is 11.8. The molecule has 120 valence electrons. The van der Waals surface area contributed by atoms with Crippen LogP contribution in [0.1, 0.15) is 64.1 Å². The number of halogens is 2. The molecule has 1 aliphatic carbocycles. The molecule has 0 aromatic carbocycles. The van der Waals surface area contributed by atoms with Crippen LogP contribution in [0.25, 0.3) is 0 Å². The summed E-state index contributed by atoms with van der Waals surface area (Å²) in [4.78, 5) is 0.00350. The molecule has 1 aromatic rings. The highest BCUT2D eigenvalue weighted by molar-refractivity contribution is 8.13. The zero-order valence-electron chi connectivity index (χ0n) is 12.5. The molecule has 0 aliphatic heterocycles. The normalized spacial score (nSPS) is 18.1. The van der Waals surface area contributed by atoms with E-state index in [4.69, 9.17) is 22.3 Å². The van der Waals surface area contributed by atoms with Gasteiger partial charge in [0.05, 0.1) is 11.7 Å². The lowest BCUT2D eigenvalue weighted by Gasteiger charge is -2.15. The molecule has 0 spiro atoms. The van der Waals surface area contributed by atoms with Gasteiger partial charge in [-0.25, -0.2) is 13.1 Å². The second-order valence-corrected chi connectivity index (χ2v) is 9.05. The van der Waals surface area contributed by atoms with Crippen molar-refractivity contribution >= 4 is 31.3 Å². The Morgan fingerprint density at radius 1 is 1.24 bits per heavy atom. The molecule has 0 atom stereocenters. The van der Waals surface area contributed by atoms with Gasteiger partial charge in [-0.2, -0.15) is 5.10 Å². The Hall–Kier alpha value is -0.260. The first-order chi connectivity index (χ1) is 9.80. The summed E-state index contributed by atoms with van der Waals surface area (Å²) in [5, 5.41) is 4.68. The standard InChI is InChI=1S/C14H22Cl2N2O2S/c1-10(2)9-12-13(21(16,19)20)14(15)18(17-12)11-7-5-3-4-6-8-11/h10-11H,3-9H2,1-2H3. The van der Waals surface area contributed by atoms with Crippen LogP contribution in [0.15, 0.2) is 4.90 Å². The summed E-state index contributed by atoms with van der Waals surface area (Å²) >= 11 is 6.32. The van der Waals surface area contributed by atoms with Crippen molar-refractivity contribution in [1.29, 1.82) is 0 Å². The summed E-state index contributed by atoms with van der Waals surface area (Å²) in [5.74, 6) is 0.288. The highest BCUT2D eigenvalue weighted by atomic mass is 35.7. The monoisotopic (exact) mass is 352 g/mol. The summed E-state index contributed by atoms with van der Waals surface area (Å²) in [6.45, 7) is 4.03. The van der Waals surface area contributed by atoms with Crippen LogP contribution in [0.4, 0.5) is 0 Å². The number of rotatable bonds is 4. The van der Waals surface area contributed by atoms with Crippen LogP contribution in [0.5, 0.6) is 0 Å². The van der Waals surface area contributed by atoms with Crippen LogP contribution < -0.4 is 0 Å². The fraction of sp³-hybridized carbons (Fsp3) is 0.786. The van der Waals surface area contributed by atoms with E-state index in [1.54, 1.807) is 4.68 Å². The van der Waals surface area contributed by atoms with Crippen LogP contribution in [0.3, 0.4) is 0 Å². The van der Waals surface area contributed by atoms with E-state index in [1.165, 1.54) is 12.8 Å². The molecular weight excluding hydrogens is 331 g/mol. The second kappa shape index (κ2) is 6.88. The van der Waals surface area contributed by atoms with Crippen LogP contribution >= 0.6 is 22.3 Å². The zero-order chi connectivity index (χ0) is 15.6. The quantitative estimate of drug-likeness (QED) is 0.589. The molecule has 21 heavy (non-hydrogen) atoms. The Labute approximate surface area is 136 Å². The molecule has 0 saturated heterocycles. The first kappa shape index (κ1) is 17.1. The van der Waals surface area contributed by atoms with Gasteiger partial charge in [-0.1, -0.05) is 51.1 Å². The van der Waals surface area contributed by atoms with E-state index in [1.807, 2.05) is 13.8 Å². The van der Waals surface area contributed by atoms with Gasteiger partial charge in [0.1, 0.15) is 10.0 Å². The van der Waals surface area contributed by atoms with Crippen molar-refractivity contribution in [3.8, 4) is 0 Å². The molecule has 1 aliphatic rings. The number of nitrogens with zero attached hydrogens (tertiary/aromatic N) is 2. The first-order valence-electron chi connectivity index (χ1n) is 7.52. The molecule has 2 rings (SSSR count). The molecule has 1 aromatic heterocycles. The molecule has 0 bridgehead atoms. The predicted molar refractivity (Wildman–Crippen MR) is 85.6 cm³/mol. The van der Waals surface area contributed by atoms with Crippen LogP contribution in [0, 0.1) is 5.92 Å². The van der Waals surface area contributed by atoms with E-state index >= 15 is 0 Å². The largest absolute Gasteiger partial charge is 0.266 e. The third-order valence-corrected chi connectivity index (χ3v) is 5.75. The van der Waals surface area contributed by atoms with Crippen LogP contribution in [-0.2, 0) is 15.5 Å². The Morgan fingerprint density at radius 3 is 2.29 bits per heavy atom. The fourth-order valence-corrected chi connectivity index (χ4v) is 4.84. The third-order valence-electron chi connectivity index (χ3n) is 3.90. The average Bonchev–Trinajstić information content (AvgIpc) is 2.55. The molecule has 1 saturated carbocycles. The van der Waals surface area contributed by atoms with Gasteiger partial charge in [0.25, 0.3) is 9.05 Å². The second-order valence-electron chi connectivity index (χ2n) is 6.19. The lowest BCUT2D eigenvalue weighted by molar-refractivity contribution is 0.402. The van der Waals surface area contributed by atoms with Gasteiger partial charge in [0.2, 0.25) is 0 Å². The van der Waals surface area contributed by atoms with Crippen molar-refractivity contribution in [1.82, 2.24) is 9.78 Å². The Bertz CT molecular complexity index is 588. The molecule has 0 radical (unpaired) electrons. The van der Waals surface area contributed by atoms with E-state index in [0.717, 1.165) is 25.7 Å². The van der Waals surface area contributed by atoms with Crippen molar-refractivity contribution in [3.63, 3.8) is 0 Å². The smallest absolute Gasteiger partial charge is 0.249 e. The summed E-state index contributed by atoms with van der Waals surface area (Å²) in [5.41, 5.74) is 0.495. The van der Waals surface area contributed by atoms with E-state index in [9.17, 15) is 8.42 Å². The molecule has 1 heterocycles. The van der Waals surface area contributed by atoms with Gasteiger partial charge in [-0.05, 0) is 25.2 Å². The van der Waals surface area contributed by atoms with Crippen LogP contribution in [0.2, 0.25) is 5.15 Å². The van der Waals surface area contributed by atoms with E-state index in [-0.39, 0.29) is 22.0 Å². The summed E-state index contributed by atoms with van der Waals surface area (Å²) < 4.78 is 25.4. The Balaban J connectivity index is 2.45. The molecule has 0 N–H and O–H groups in total. The van der Waals surface area contributed by atoms with Crippen molar-refractivity contribution in [3.05, 3.63) is 10.8 Å². The highest BCUT2D eigenvalue weighted by Gasteiger charge is 2.29. The molecule has 4 nitrogen and oxygen atoms in total. The lowest BCUT2D eigenvalue weighted by atomic mass is 10.1. The topological polar surface area (TPSA) is 52.0 Å². The third kappa shape index (κ3) is 4.14. The van der Waals surface area contributed by atoms with Crippen molar-refractivity contribution in [2.45, 2.75) is 69.7 Å². The van der Waals surface area contributed by atoms with E-state index in [0.29, 0.717) is 12.1 Å². The van der Waals surface area contributed by atoms with Crippen LogP contribution in [-0.4, -0.2) is 18.2 Å². The number of aromatic nitrogens is 2. The van der Waals surface area contributed by atoms with Crippen molar-refractivity contribution in [2.24, 2.45) is 5.92 Å². The zero-order valence-corrected chi connectivity index (χ0v) is 14.8. The van der Waals surface area contributed by atoms with Gasteiger partial charge in [0.15, 0.2) is 0 Å². The highest BCUT2D eigenvalue weighted by Crippen LogP contribution is 2.35. The Morgan fingerprint density at radius 2 is 1.81 bits per heavy atom. The van der Waals surface area contributed by atoms with Gasteiger partial charge < -0.3 is 0 Å². The van der Waals surface area contributed by atoms with E-state index < -0.39 is 9.05 Å². The number of hydrogen-bond acceptors (Lipinski definition) is 3. The molecule has 0 unspecified atom stereocenters. The van der Waals surface area contributed by atoms with E-state index in [2.05, 4.69) is 5.10 Å². The van der Waals surface area contributed by atoms with Crippen molar-refractivity contribution < 1.29 is 8.42 Å². The maximum atomic E-state index is 11.8. The fourth-order valence-electron chi connectivity index (χ4n) is 2.95. The van der Waals surface area contributed by atoms with Gasteiger partial charge >= 0.3 is 0 Å². The molecular formula is C14H22Cl2N2O2S. The maximum Gasteiger partial charge on any atom is 0.266 e. The van der Waals surface area contributed by atoms with Gasteiger partial charge in [-0.3, -0.25) is 0 Å². The minimum Gasteiger partial charge on any atom is -0.249 e. The SMILES string of the molecule is CC(C)Cc1nn(C2CCCCCC2)c(Cl)c1S(=O)(=O)Cl. The lowest BCUT2D eigenvalue weighted by Crippen LogP contribution is -2.10. The Kier molecular flexibility index (Phi) is 5.60. The first-order valence-corrected chi connectivity index (χ1v) is 10.2. The number of hydrogen-bond donors (Lipinski definition) is 0. The molecule has 1 fully saturated rings. The molecule has 0 amide bonds. The minimum atomic E-state index is -3.88. The minimum absolute atomic E-state index is 0.00350. The summed E-state index contributed by atoms with van der Waals surface area (Å²) in [7, 11) is 1.69. The average molecular weight is 353 g/mol. The molecule has 7 heteroatoms. The summed E-state index contributed by atoms with van der Waals surface area (Å²) in [6.07, 6.45) is 7.23. The summed E-state index contributed by atoms with van der Waals surface area (Å²) in [6, 6.07) is 0.179.